The SMILES string of the molecule is Cc1cccc(O)c1[O]. The van der Waals surface area contributed by atoms with Gasteiger partial charge in [-0.15, -0.1) is 0 Å². The van der Waals surface area contributed by atoms with Crippen LogP contribution in [0.3, 0.4) is 0 Å². The predicted octanol–water partition coefficient (Wildman–Crippen LogP) is 1.84. The molecule has 0 bridgehead atoms. The monoisotopic (exact) mass is 123 g/mol. The Balaban J connectivity index is 3.25. The highest BCUT2D eigenvalue weighted by Gasteiger charge is 2.01. The molecule has 47 valence electrons. The summed E-state index contributed by atoms with van der Waals surface area (Å²) in [6.07, 6.45) is 0. The van der Waals surface area contributed by atoms with E-state index in [1.54, 1.807) is 19.1 Å². The third-order valence-electron chi connectivity index (χ3n) is 1.19. The van der Waals surface area contributed by atoms with Crippen LogP contribution in [-0.4, -0.2) is 5.11 Å². The molecule has 0 atom stereocenters. The van der Waals surface area contributed by atoms with Crippen molar-refractivity contribution in [2.45, 2.75) is 6.92 Å². The second-order valence-corrected chi connectivity index (χ2v) is 1.92. The second-order valence-electron chi connectivity index (χ2n) is 1.92. The molecule has 1 aromatic rings. The Morgan fingerprint density at radius 3 is 2.56 bits per heavy atom. The predicted molar refractivity (Wildman–Crippen MR) is 33.0 cm³/mol. The first-order valence-corrected chi connectivity index (χ1v) is 2.67. The molecule has 0 heterocycles. The van der Waals surface area contributed by atoms with E-state index in [1.165, 1.54) is 6.07 Å². The zero-order valence-corrected chi connectivity index (χ0v) is 5.09. The Morgan fingerprint density at radius 2 is 2.11 bits per heavy atom. The van der Waals surface area contributed by atoms with Crippen molar-refractivity contribution in [1.29, 1.82) is 0 Å². The molecule has 0 amide bonds. The van der Waals surface area contributed by atoms with E-state index in [9.17, 15) is 5.11 Å². The molecule has 1 radical (unpaired) electrons. The third kappa shape index (κ3) is 0.964. The van der Waals surface area contributed by atoms with Gasteiger partial charge in [0.15, 0.2) is 5.75 Å². The Bertz CT molecular complexity index is 198. The molecular weight excluding hydrogens is 116 g/mol. The van der Waals surface area contributed by atoms with Gasteiger partial charge in [-0.2, -0.15) is 0 Å². The largest absolute Gasteiger partial charge is 0.504 e. The van der Waals surface area contributed by atoms with Gasteiger partial charge >= 0.3 is 0 Å². The first-order valence-electron chi connectivity index (χ1n) is 2.67. The van der Waals surface area contributed by atoms with Crippen molar-refractivity contribution in [2.24, 2.45) is 0 Å². The van der Waals surface area contributed by atoms with Gasteiger partial charge in [-0.1, -0.05) is 12.1 Å². The lowest BCUT2D eigenvalue weighted by molar-refractivity contribution is 0.322. The molecule has 2 nitrogen and oxygen atoms in total. The zero-order chi connectivity index (χ0) is 6.85. The van der Waals surface area contributed by atoms with Gasteiger partial charge in [0.05, 0.1) is 0 Å². The van der Waals surface area contributed by atoms with Gasteiger partial charge in [-0.25, -0.2) is 0 Å². The van der Waals surface area contributed by atoms with E-state index in [-0.39, 0.29) is 11.5 Å². The number of hydrogen-bond acceptors (Lipinski definition) is 1. The molecule has 0 unspecified atom stereocenters. The molecule has 0 aliphatic carbocycles. The minimum Gasteiger partial charge on any atom is -0.504 e. The van der Waals surface area contributed by atoms with Crippen molar-refractivity contribution < 1.29 is 10.2 Å². The van der Waals surface area contributed by atoms with Crippen molar-refractivity contribution in [3.05, 3.63) is 23.8 Å². The maximum atomic E-state index is 10.7. The summed E-state index contributed by atoms with van der Waals surface area (Å²) in [4.78, 5) is 0. The van der Waals surface area contributed by atoms with Gasteiger partial charge in [0.25, 0.3) is 0 Å². The molecule has 0 aromatic heterocycles. The molecule has 0 aliphatic heterocycles. The molecular formula is C7H7O2. The highest BCUT2D eigenvalue weighted by atomic mass is 16.3. The minimum atomic E-state index is -0.280. The zero-order valence-electron chi connectivity index (χ0n) is 5.09. The van der Waals surface area contributed by atoms with Crippen LogP contribution in [0.1, 0.15) is 5.56 Å². The number of para-hydroxylation sites is 1. The van der Waals surface area contributed by atoms with Crippen LogP contribution in [0.2, 0.25) is 0 Å². The minimum absolute atomic E-state index is 0.171. The van der Waals surface area contributed by atoms with E-state index in [4.69, 9.17) is 5.11 Å². The Morgan fingerprint density at radius 1 is 1.44 bits per heavy atom. The van der Waals surface area contributed by atoms with Crippen molar-refractivity contribution in [2.75, 3.05) is 0 Å². The number of phenols is 1. The molecule has 0 fully saturated rings. The summed E-state index contributed by atoms with van der Waals surface area (Å²) >= 11 is 0. The van der Waals surface area contributed by atoms with Gasteiger partial charge in [0, 0.05) is 5.56 Å². The van der Waals surface area contributed by atoms with E-state index in [0.29, 0.717) is 5.56 Å². The lowest BCUT2D eigenvalue weighted by atomic mass is 10.2. The summed E-state index contributed by atoms with van der Waals surface area (Å²) in [5.41, 5.74) is 0.579. The summed E-state index contributed by atoms with van der Waals surface area (Å²) in [5.74, 6) is -0.451. The normalized spacial score (nSPS) is 9.44. The van der Waals surface area contributed by atoms with Gasteiger partial charge in [0.1, 0.15) is 0 Å². The van der Waals surface area contributed by atoms with Crippen LogP contribution in [-0.2, 0) is 5.11 Å². The number of hydrogen-bond donors (Lipinski definition) is 1. The Labute approximate surface area is 53.4 Å². The molecule has 1 aromatic carbocycles. The van der Waals surface area contributed by atoms with Crippen molar-refractivity contribution >= 4 is 0 Å². The lowest BCUT2D eigenvalue weighted by Gasteiger charge is -1.94. The highest BCUT2D eigenvalue weighted by molar-refractivity contribution is 5.42. The molecule has 0 spiro atoms. The van der Waals surface area contributed by atoms with Gasteiger partial charge in [0.2, 0.25) is 5.75 Å². The maximum Gasteiger partial charge on any atom is 0.222 e. The van der Waals surface area contributed by atoms with E-state index in [0.717, 1.165) is 0 Å². The van der Waals surface area contributed by atoms with Crippen LogP contribution in [0.15, 0.2) is 18.2 Å². The topological polar surface area (TPSA) is 40.1 Å². The number of aromatic hydroxyl groups is 1. The van der Waals surface area contributed by atoms with Crippen LogP contribution in [0.25, 0.3) is 0 Å². The maximum absolute atomic E-state index is 10.7. The fraction of sp³-hybridized carbons (Fsp3) is 0.143. The lowest BCUT2D eigenvalue weighted by Crippen LogP contribution is -1.71. The van der Waals surface area contributed by atoms with E-state index >= 15 is 0 Å². The van der Waals surface area contributed by atoms with Crippen LogP contribution in [0, 0.1) is 6.92 Å². The number of rotatable bonds is 0. The molecule has 0 saturated carbocycles. The smallest absolute Gasteiger partial charge is 0.222 e. The van der Waals surface area contributed by atoms with E-state index in [1.807, 2.05) is 0 Å². The average molecular weight is 123 g/mol. The summed E-state index contributed by atoms with van der Waals surface area (Å²) in [7, 11) is 0. The fourth-order valence-electron chi connectivity index (χ4n) is 0.637. The molecule has 1 rings (SSSR count). The third-order valence-corrected chi connectivity index (χ3v) is 1.19. The van der Waals surface area contributed by atoms with E-state index < -0.39 is 0 Å². The number of phenolic OH excluding ortho intramolecular Hbond substituents is 1. The molecule has 9 heavy (non-hydrogen) atoms. The fourth-order valence-corrected chi connectivity index (χ4v) is 0.637. The summed E-state index contributed by atoms with van der Waals surface area (Å²) < 4.78 is 0. The quantitative estimate of drug-likeness (QED) is 0.561. The summed E-state index contributed by atoms with van der Waals surface area (Å²) in [6, 6.07) is 4.70. The molecule has 0 saturated heterocycles. The average Bonchev–Trinajstić information content (AvgIpc) is 1.83. The Hall–Kier alpha value is -1.18. The standard InChI is InChI=1S/C7H7O2/c1-5-3-2-4-6(8)7(5)9/h2-4,8H,1H3. The van der Waals surface area contributed by atoms with Crippen molar-refractivity contribution in [1.82, 2.24) is 0 Å². The molecule has 1 N–H and O–H groups in total. The van der Waals surface area contributed by atoms with Gasteiger partial charge < -0.3 is 5.11 Å². The highest BCUT2D eigenvalue weighted by Crippen LogP contribution is 2.27. The number of benzene rings is 1. The van der Waals surface area contributed by atoms with Gasteiger partial charge in [-0.3, -0.25) is 5.11 Å². The first-order chi connectivity index (χ1) is 4.22. The van der Waals surface area contributed by atoms with Crippen LogP contribution < -0.4 is 0 Å². The first kappa shape index (κ1) is 5.95. The van der Waals surface area contributed by atoms with Crippen LogP contribution in [0.4, 0.5) is 0 Å². The Kier molecular flexibility index (Phi) is 1.30. The van der Waals surface area contributed by atoms with E-state index in [2.05, 4.69) is 0 Å². The molecule has 0 aliphatic rings. The second kappa shape index (κ2) is 1.97. The van der Waals surface area contributed by atoms with Gasteiger partial charge in [-0.05, 0) is 13.0 Å². The van der Waals surface area contributed by atoms with Crippen LogP contribution >= 0.6 is 0 Å². The number of aryl methyl sites for hydroxylation is 1. The summed E-state index contributed by atoms with van der Waals surface area (Å²) in [5, 5.41) is 19.5. The van der Waals surface area contributed by atoms with Crippen molar-refractivity contribution in [3.63, 3.8) is 0 Å². The van der Waals surface area contributed by atoms with Crippen LogP contribution in [0.5, 0.6) is 11.5 Å². The molecule has 2 heteroatoms. The van der Waals surface area contributed by atoms with Crippen molar-refractivity contribution in [3.8, 4) is 11.5 Å². The summed E-state index contributed by atoms with van der Waals surface area (Å²) in [6.45, 7) is 1.67.